The van der Waals surface area contributed by atoms with Crippen molar-refractivity contribution in [2.24, 2.45) is 0 Å². The Balaban J connectivity index is 2.40. The van der Waals surface area contributed by atoms with Gasteiger partial charge in [0.15, 0.2) is 0 Å². The predicted molar refractivity (Wildman–Crippen MR) is 55.6 cm³/mol. The number of nitrogens with zero attached hydrogens (tertiary/aromatic N) is 2. The lowest BCUT2D eigenvalue weighted by Gasteiger charge is -2.38. The van der Waals surface area contributed by atoms with Gasteiger partial charge in [-0.15, -0.1) is 0 Å². The molecule has 1 rings (SSSR count). The zero-order valence-corrected chi connectivity index (χ0v) is 8.93. The average Bonchev–Trinajstić information content (AvgIpc) is 2.25. The molecule has 1 aliphatic rings. The highest BCUT2D eigenvalue weighted by Gasteiger charge is 2.24. The van der Waals surface area contributed by atoms with Gasteiger partial charge in [0, 0.05) is 26.1 Å². The molecule has 87 valence electrons. The van der Waals surface area contributed by atoms with Crippen LogP contribution in [-0.2, 0) is 4.79 Å². The van der Waals surface area contributed by atoms with Crippen molar-refractivity contribution in [2.45, 2.75) is 25.4 Å². The number of hydrogen-bond donors (Lipinski definition) is 2. The lowest BCUT2D eigenvalue weighted by Crippen LogP contribution is -2.51. The van der Waals surface area contributed by atoms with E-state index in [2.05, 4.69) is 6.92 Å². The number of hydrogen-bond acceptors (Lipinski definition) is 4. The molecular weight excluding hydrogens is 196 g/mol. The van der Waals surface area contributed by atoms with Gasteiger partial charge in [-0.1, -0.05) is 0 Å². The Bertz CT molecular complexity index is 211. The molecule has 0 aromatic carbocycles. The van der Waals surface area contributed by atoms with E-state index in [1.54, 1.807) is 5.01 Å². The number of amides is 1. The third-order valence-corrected chi connectivity index (χ3v) is 2.58. The van der Waals surface area contributed by atoms with Crippen molar-refractivity contribution in [1.29, 1.82) is 0 Å². The van der Waals surface area contributed by atoms with Crippen molar-refractivity contribution in [3.8, 4) is 0 Å². The molecule has 0 bridgehead atoms. The van der Waals surface area contributed by atoms with E-state index in [1.165, 1.54) is 0 Å². The highest BCUT2D eigenvalue weighted by Crippen LogP contribution is 2.12. The topological polar surface area (TPSA) is 64.0 Å². The summed E-state index contributed by atoms with van der Waals surface area (Å²) >= 11 is 0. The van der Waals surface area contributed by atoms with E-state index >= 15 is 0 Å². The van der Waals surface area contributed by atoms with Crippen LogP contribution in [0.3, 0.4) is 0 Å². The molecule has 1 unspecified atom stereocenters. The molecule has 1 atom stereocenters. The summed E-state index contributed by atoms with van der Waals surface area (Å²) in [6.07, 6.45) is 1.20. The minimum absolute atomic E-state index is 0.0924. The van der Waals surface area contributed by atoms with Gasteiger partial charge >= 0.3 is 0 Å². The zero-order valence-electron chi connectivity index (χ0n) is 8.93. The van der Waals surface area contributed by atoms with Crippen molar-refractivity contribution in [3.05, 3.63) is 6.92 Å². The number of aliphatic hydroxyl groups excluding tert-OH is 2. The molecule has 1 aliphatic heterocycles. The number of rotatable bonds is 5. The summed E-state index contributed by atoms with van der Waals surface area (Å²) in [4.78, 5) is 11.5. The molecule has 15 heavy (non-hydrogen) atoms. The van der Waals surface area contributed by atoms with E-state index in [9.17, 15) is 9.90 Å². The molecular formula is C10H19N2O3. The van der Waals surface area contributed by atoms with Crippen molar-refractivity contribution >= 4 is 5.91 Å². The minimum Gasteiger partial charge on any atom is -0.394 e. The molecule has 1 fully saturated rings. The van der Waals surface area contributed by atoms with Crippen LogP contribution in [0.4, 0.5) is 0 Å². The fourth-order valence-corrected chi connectivity index (χ4v) is 1.71. The van der Waals surface area contributed by atoms with Crippen molar-refractivity contribution in [1.82, 2.24) is 10.0 Å². The second-order valence-corrected chi connectivity index (χ2v) is 3.70. The van der Waals surface area contributed by atoms with Crippen LogP contribution in [0, 0.1) is 6.92 Å². The third kappa shape index (κ3) is 3.44. The summed E-state index contributed by atoms with van der Waals surface area (Å²) in [6.45, 7) is 5.31. The van der Waals surface area contributed by atoms with Crippen LogP contribution in [-0.4, -0.2) is 58.5 Å². The van der Waals surface area contributed by atoms with E-state index in [1.807, 2.05) is 5.01 Å². The Morgan fingerprint density at radius 1 is 1.53 bits per heavy atom. The van der Waals surface area contributed by atoms with Gasteiger partial charge < -0.3 is 10.2 Å². The second-order valence-electron chi connectivity index (χ2n) is 3.70. The van der Waals surface area contributed by atoms with Crippen LogP contribution in [0.2, 0.25) is 0 Å². The van der Waals surface area contributed by atoms with Gasteiger partial charge in [0.05, 0.1) is 12.7 Å². The van der Waals surface area contributed by atoms with Gasteiger partial charge in [0.1, 0.15) is 0 Å². The SMILES string of the molecule is [CH2]CN1C(=O)CCCN1CCC(O)CO. The number of aliphatic hydroxyl groups is 2. The van der Waals surface area contributed by atoms with E-state index in [4.69, 9.17) is 5.11 Å². The summed E-state index contributed by atoms with van der Waals surface area (Å²) in [5.41, 5.74) is 0. The van der Waals surface area contributed by atoms with Gasteiger partial charge in [-0.25, -0.2) is 5.01 Å². The predicted octanol–water partition coefficient (Wildman–Crippen LogP) is -0.597. The molecule has 0 aromatic rings. The Hall–Kier alpha value is -0.650. The Kier molecular flexibility index (Phi) is 5.01. The van der Waals surface area contributed by atoms with Gasteiger partial charge in [-0.05, 0) is 19.8 Å². The van der Waals surface area contributed by atoms with E-state index in [0.29, 0.717) is 25.9 Å². The Labute approximate surface area is 90.3 Å². The molecule has 0 aromatic heterocycles. The average molecular weight is 215 g/mol. The molecule has 1 radical (unpaired) electrons. The summed E-state index contributed by atoms with van der Waals surface area (Å²) in [6, 6.07) is 0. The van der Waals surface area contributed by atoms with Crippen molar-refractivity contribution in [2.75, 3.05) is 26.2 Å². The summed E-state index contributed by atoms with van der Waals surface area (Å²) in [5, 5.41) is 21.4. The first-order valence-electron chi connectivity index (χ1n) is 5.32. The molecule has 0 saturated carbocycles. The van der Waals surface area contributed by atoms with Crippen molar-refractivity contribution in [3.63, 3.8) is 0 Å². The number of hydrazine groups is 1. The van der Waals surface area contributed by atoms with Crippen LogP contribution in [0.15, 0.2) is 0 Å². The first kappa shape index (κ1) is 12.4. The summed E-state index contributed by atoms with van der Waals surface area (Å²) in [7, 11) is 0. The maximum absolute atomic E-state index is 11.5. The van der Waals surface area contributed by atoms with Gasteiger partial charge in [-0.3, -0.25) is 9.80 Å². The Morgan fingerprint density at radius 2 is 2.27 bits per heavy atom. The summed E-state index contributed by atoms with van der Waals surface area (Å²) < 4.78 is 0. The molecule has 5 heteroatoms. The van der Waals surface area contributed by atoms with E-state index in [0.717, 1.165) is 13.0 Å². The maximum atomic E-state index is 11.5. The third-order valence-electron chi connectivity index (χ3n) is 2.58. The molecule has 5 nitrogen and oxygen atoms in total. The first-order valence-corrected chi connectivity index (χ1v) is 5.32. The van der Waals surface area contributed by atoms with Crippen LogP contribution in [0.25, 0.3) is 0 Å². The molecule has 2 N–H and O–H groups in total. The first-order chi connectivity index (χ1) is 7.19. The zero-order chi connectivity index (χ0) is 11.3. The highest BCUT2D eigenvalue weighted by atomic mass is 16.3. The van der Waals surface area contributed by atoms with Crippen LogP contribution < -0.4 is 0 Å². The molecule has 0 spiro atoms. The fraction of sp³-hybridized carbons (Fsp3) is 0.800. The molecule has 0 aliphatic carbocycles. The van der Waals surface area contributed by atoms with Gasteiger partial charge in [-0.2, -0.15) is 0 Å². The van der Waals surface area contributed by atoms with E-state index in [-0.39, 0.29) is 12.5 Å². The largest absolute Gasteiger partial charge is 0.394 e. The lowest BCUT2D eigenvalue weighted by molar-refractivity contribution is -0.154. The molecule has 1 heterocycles. The molecule has 1 amide bonds. The normalized spacial score (nSPS) is 20.7. The van der Waals surface area contributed by atoms with Crippen LogP contribution in [0.1, 0.15) is 19.3 Å². The number of carbonyl (C=O) groups is 1. The van der Waals surface area contributed by atoms with E-state index < -0.39 is 6.10 Å². The smallest absolute Gasteiger partial charge is 0.236 e. The minimum atomic E-state index is -0.700. The molecule has 1 saturated heterocycles. The van der Waals surface area contributed by atoms with Gasteiger partial charge in [0.2, 0.25) is 5.91 Å². The lowest BCUT2D eigenvalue weighted by atomic mass is 10.2. The number of carbonyl (C=O) groups excluding carboxylic acids is 1. The standard InChI is InChI=1S/C10H19N2O3/c1-2-12-10(15)4-3-6-11(12)7-5-9(14)8-13/h9,13-14H,1-8H2. The highest BCUT2D eigenvalue weighted by molar-refractivity contribution is 5.76. The quantitative estimate of drug-likeness (QED) is 0.643. The van der Waals surface area contributed by atoms with Crippen molar-refractivity contribution < 1.29 is 15.0 Å². The van der Waals surface area contributed by atoms with Gasteiger partial charge in [0.25, 0.3) is 0 Å². The second kappa shape index (κ2) is 6.05. The fourth-order valence-electron chi connectivity index (χ4n) is 1.71. The van der Waals surface area contributed by atoms with Crippen LogP contribution in [0.5, 0.6) is 0 Å². The monoisotopic (exact) mass is 215 g/mol. The Morgan fingerprint density at radius 3 is 2.87 bits per heavy atom. The maximum Gasteiger partial charge on any atom is 0.236 e. The summed E-state index contributed by atoms with van der Waals surface area (Å²) in [5.74, 6) is 0.0924. The van der Waals surface area contributed by atoms with Crippen LogP contribution >= 0.6 is 0 Å².